The Morgan fingerprint density at radius 1 is 1.25 bits per heavy atom. The number of carbonyl (C=O) groups excluding carboxylic acids is 1. The molecule has 6 heteroatoms. The molecule has 0 bridgehead atoms. The number of hydrogen-bond acceptors (Lipinski definition) is 3. The normalized spacial score (nSPS) is 13.1. The first kappa shape index (κ1) is 18.7. The number of nitrogens with one attached hydrogen (secondary N) is 2. The van der Waals surface area contributed by atoms with Gasteiger partial charge in [-0.15, -0.1) is 0 Å². The molecule has 0 aliphatic carbocycles. The first-order valence-electron chi connectivity index (χ1n) is 7.27. The Bertz CT molecular complexity index is 315. The molecule has 0 aromatic carbocycles. The maximum Gasteiger partial charge on any atom is 0.328 e. The van der Waals surface area contributed by atoms with Crippen LogP contribution in [0.4, 0.5) is 4.79 Å². The van der Waals surface area contributed by atoms with Crippen LogP contribution in [-0.2, 0) is 4.79 Å². The second kappa shape index (κ2) is 8.79. The van der Waals surface area contributed by atoms with Crippen molar-refractivity contribution in [1.82, 2.24) is 15.5 Å². The molecule has 1 unspecified atom stereocenters. The van der Waals surface area contributed by atoms with Gasteiger partial charge in [0.05, 0.1) is 0 Å². The first-order valence-corrected chi connectivity index (χ1v) is 7.27. The van der Waals surface area contributed by atoms with Gasteiger partial charge in [-0.25, -0.2) is 9.59 Å². The van der Waals surface area contributed by atoms with E-state index in [1.165, 1.54) is 13.8 Å². The largest absolute Gasteiger partial charge is 0.480 e. The van der Waals surface area contributed by atoms with E-state index in [1.54, 1.807) is 0 Å². The molecule has 0 heterocycles. The summed E-state index contributed by atoms with van der Waals surface area (Å²) in [6, 6.07) is -0.414. The summed E-state index contributed by atoms with van der Waals surface area (Å²) in [5, 5.41) is 14.1. The highest BCUT2D eigenvalue weighted by molar-refractivity contribution is 5.85. The molecule has 0 aromatic rings. The Hall–Kier alpha value is -1.30. The molecular formula is C14H29N3O3. The van der Waals surface area contributed by atoms with Crippen LogP contribution in [0.25, 0.3) is 0 Å². The van der Waals surface area contributed by atoms with Crippen molar-refractivity contribution in [3.05, 3.63) is 0 Å². The van der Waals surface area contributed by atoms with Crippen molar-refractivity contribution in [1.29, 1.82) is 0 Å². The number of amides is 2. The van der Waals surface area contributed by atoms with Gasteiger partial charge in [0.15, 0.2) is 0 Å². The molecule has 6 nitrogen and oxygen atoms in total. The average molecular weight is 287 g/mol. The van der Waals surface area contributed by atoms with Gasteiger partial charge in [-0.3, -0.25) is 0 Å². The Morgan fingerprint density at radius 2 is 1.80 bits per heavy atom. The second-order valence-electron chi connectivity index (χ2n) is 5.60. The summed E-state index contributed by atoms with van der Waals surface area (Å²) in [6.07, 6.45) is 1.88. The molecule has 0 fully saturated rings. The van der Waals surface area contributed by atoms with E-state index in [4.69, 9.17) is 5.11 Å². The topological polar surface area (TPSA) is 81.7 Å². The number of carboxylic acids is 1. The van der Waals surface area contributed by atoms with Gasteiger partial charge in [0.25, 0.3) is 0 Å². The molecule has 0 aliphatic rings. The minimum Gasteiger partial charge on any atom is -0.480 e. The molecule has 0 radical (unpaired) electrons. The summed E-state index contributed by atoms with van der Waals surface area (Å²) in [5.74, 6) is -1.05. The van der Waals surface area contributed by atoms with Crippen molar-refractivity contribution in [3.8, 4) is 0 Å². The third kappa shape index (κ3) is 7.33. The number of aliphatic carboxylic acids is 1. The van der Waals surface area contributed by atoms with Gasteiger partial charge >= 0.3 is 12.0 Å². The Labute approximate surface area is 121 Å². The fraction of sp³-hybridized carbons (Fsp3) is 0.857. The summed E-state index contributed by atoms with van der Waals surface area (Å²) >= 11 is 0. The highest BCUT2D eigenvalue weighted by Crippen LogP contribution is 2.03. The predicted molar refractivity (Wildman–Crippen MR) is 79.9 cm³/mol. The first-order chi connectivity index (χ1) is 9.22. The number of rotatable bonds is 9. The third-order valence-corrected chi connectivity index (χ3v) is 3.34. The van der Waals surface area contributed by atoms with Crippen LogP contribution in [0.5, 0.6) is 0 Å². The van der Waals surface area contributed by atoms with Gasteiger partial charge in [-0.05, 0) is 53.2 Å². The summed E-state index contributed by atoms with van der Waals surface area (Å²) in [5.41, 5.74) is -1.26. The van der Waals surface area contributed by atoms with Crippen LogP contribution >= 0.6 is 0 Å². The molecule has 0 aliphatic heterocycles. The lowest BCUT2D eigenvalue weighted by molar-refractivity contribution is -0.142. The predicted octanol–water partition coefficient (Wildman–Crippen LogP) is 1.66. The van der Waals surface area contributed by atoms with Gasteiger partial charge in [-0.2, -0.15) is 0 Å². The number of carbonyl (C=O) groups is 2. The van der Waals surface area contributed by atoms with Crippen molar-refractivity contribution in [2.45, 2.75) is 59.0 Å². The van der Waals surface area contributed by atoms with Crippen LogP contribution in [0.2, 0.25) is 0 Å². The number of hydrogen-bond donors (Lipinski definition) is 3. The van der Waals surface area contributed by atoms with Gasteiger partial charge in [0, 0.05) is 6.04 Å². The van der Waals surface area contributed by atoms with Crippen LogP contribution in [0.1, 0.15) is 47.5 Å². The molecule has 0 aromatic heterocycles. The highest BCUT2D eigenvalue weighted by Gasteiger charge is 2.29. The number of nitrogens with zero attached hydrogens (tertiary/aromatic N) is 1. The summed E-state index contributed by atoms with van der Waals surface area (Å²) in [4.78, 5) is 24.9. The maximum absolute atomic E-state index is 11.7. The summed E-state index contributed by atoms with van der Waals surface area (Å²) < 4.78 is 0. The Balaban J connectivity index is 4.00. The van der Waals surface area contributed by atoms with Crippen LogP contribution in [0, 0.1) is 0 Å². The van der Waals surface area contributed by atoms with Crippen molar-refractivity contribution in [2.75, 3.05) is 19.6 Å². The molecule has 1 atom stereocenters. The molecular weight excluding hydrogens is 258 g/mol. The number of urea groups is 1. The lowest BCUT2D eigenvalue weighted by Crippen LogP contribution is -2.54. The van der Waals surface area contributed by atoms with Gasteiger partial charge in [-0.1, -0.05) is 13.8 Å². The van der Waals surface area contributed by atoms with E-state index in [0.717, 1.165) is 32.5 Å². The smallest absolute Gasteiger partial charge is 0.328 e. The van der Waals surface area contributed by atoms with Crippen molar-refractivity contribution in [2.24, 2.45) is 0 Å². The lowest BCUT2D eigenvalue weighted by atomic mass is 10.1. The van der Waals surface area contributed by atoms with Crippen LogP contribution in [0.3, 0.4) is 0 Å². The Morgan fingerprint density at radius 3 is 2.25 bits per heavy atom. The van der Waals surface area contributed by atoms with E-state index < -0.39 is 17.5 Å². The van der Waals surface area contributed by atoms with E-state index >= 15 is 0 Å². The highest BCUT2D eigenvalue weighted by atomic mass is 16.4. The minimum absolute atomic E-state index is 0.0233. The standard InChI is InChI=1S/C14H29N3O3/c1-6-17(7-2)10-8-9-11(3)15-13(20)16-14(4,5)12(18)19/h11H,6-10H2,1-5H3,(H,18,19)(H2,15,16,20). The van der Waals surface area contributed by atoms with E-state index in [-0.39, 0.29) is 6.04 Å². The van der Waals surface area contributed by atoms with Gasteiger partial charge in [0.1, 0.15) is 5.54 Å². The van der Waals surface area contributed by atoms with Gasteiger partial charge in [0.2, 0.25) is 0 Å². The van der Waals surface area contributed by atoms with E-state index in [2.05, 4.69) is 29.4 Å². The average Bonchev–Trinajstić information content (AvgIpc) is 2.33. The zero-order valence-corrected chi connectivity index (χ0v) is 13.3. The quantitative estimate of drug-likeness (QED) is 0.602. The van der Waals surface area contributed by atoms with E-state index in [0.29, 0.717) is 0 Å². The second-order valence-corrected chi connectivity index (χ2v) is 5.60. The minimum atomic E-state index is -1.26. The third-order valence-electron chi connectivity index (χ3n) is 3.34. The van der Waals surface area contributed by atoms with Crippen molar-refractivity contribution < 1.29 is 14.7 Å². The molecule has 0 saturated carbocycles. The number of carboxylic acid groups (broad SMARTS) is 1. The fourth-order valence-corrected chi connectivity index (χ4v) is 1.83. The zero-order valence-electron chi connectivity index (χ0n) is 13.3. The van der Waals surface area contributed by atoms with Crippen molar-refractivity contribution >= 4 is 12.0 Å². The molecule has 0 saturated heterocycles. The summed E-state index contributed by atoms with van der Waals surface area (Å²) in [6.45, 7) is 12.2. The van der Waals surface area contributed by atoms with Crippen LogP contribution < -0.4 is 10.6 Å². The Kier molecular flexibility index (Phi) is 8.22. The van der Waals surface area contributed by atoms with Crippen LogP contribution in [0.15, 0.2) is 0 Å². The van der Waals surface area contributed by atoms with Crippen molar-refractivity contribution in [3.63, 3.8) is 0 Å². The SMILES string of the molecule is CCN(CC)CCCC(C)NC(=O)NC(C)(C)C(=O)O. The molecule has 2 amide bonds. The fourth-order valence-electron chi connectivity index (χ4n) is 1.83. The van der Waals surface area contributed by atoms with Gasteiger partial charge < -0.3 is 20.6 Å². The molecule has 0 rings (SSSR count). The molecule has 3 N–H and O–H groups in total. The van der Waals surface area contributed by atoms with Crippen LogP contribution in [-0.4, -0.2) is 53.2 Å². The molecule has 20 heavy (non-hydrogen) atoms. The molecule has 0 spiro atoms. The molecule has 118 valence electrons. The summed E-state index contributed by atoms with van der Waals surface area (Å²) in [7, 11) is 0. The zero-order chi connectivity index (χ0) is 15.8. The van der Waals surface area contributed by atoms with E-state index in [9.17, 15) is 9.59 Å². The van der Waals surface area contributed by atoms with E-state index in [1.807, 2.05) is 6.92 Å². The maximum atomic E-state index is 11.7. The lowest BCUT2D eigenvalue weighted by Gasteiger charge is -2.23. The monoisotopic (exact) mass is 287 g/mol.